The first-order valence-corrected chi connectivity index (χ1v) is 5.57. The molecule has 17 heavy (non-hydrogen) atoms. The van der Waals surface area contributed by atoms with Crippen molar-refractivity contribution in [1.82, 2.24) is 10.0 Å². The number of H-pyrrole nitrogens is 1. The van der Waals surface area contributed by atoms with Gasteiger partial charge in [-0.1, -0.05) is 16.5 Å². The van der Waals surface area contributed by atoms with E-state index in [0.29, 0.717) is 4.88 Å². The van der Waals surface area contributed by atoms with Crippen LogP contribution < -0.4 is 4.87 Å². The van der Waals surface area contributed by atoms with Crippen LogP contribution in [0.3, 0.4) is 0 Å². The van der Waals surface area contributed by atoms with Crippen molar-refractivity contribution in [2.24, 2.45) is 5.16 Å². The number of rotatable bonds is 1. The number of oxime groups is 1. The molecule has 0 radical (unpaired) electrons. The van der Waals surface area contributed by atoms with Crippen molar-refractivity contribution >= 4 is 23.6 Å². The number of aromatic amines is 1. The topological polar surface area (TPSA) is 77.9 Å². The van der Waals surface area contributed by atoms with Crippen LogP contribution in [-0.4, -0.2) is 21.4 Å². The Hall–Kier alpha value is -2.28. The lowest BCUT2D eigenvalue weighted by Crippen LogP contribution is -2.12. The Morgan fingerprint density at radius 3 is 3.24 bits per heavy atom. The van der Waals surface area contributed by atoms with Crippen LogP contribution in [0.2, 0.25) is 0 Å². The van der Waals surface area contributed by atoms with Crippen LogP contribution >= 0.6 is 11.3 Å². The zero-order valence-electron chi connectivity index (χ0n) is 8.45. The predicted molar refractivity (Wildman–Crippen MR) is 63.2 cm³/mol. The number of hydroxylamine groups is 2. The number of thiazole rings is 1. The molecule has 3 rings (SSSR count). The van der Waals surface area contributed by atoms with Gasteiger partial charge in [0, 0.05) is 6.20 Å². The van der Waals surface area contributed by atoms with Gasteiger partial charge < -0.3 is 5.11 Å². The normalized spacial score (nSPS) is 19.4. The summed E-state index contributed by atoms with van der Waals surface area (Å²) in [5.41, 5.74) is 1.64. The van der Waals surface area contributed by atoms with E-state index in [1.165, 1.54) is 5.06 Å². The van der Waals surface area contributed by atoms with Crippen molar-refractivity contribution < 1.29 is 10.0 Å². The van der Waals surface area contributed by atoms with E-state index in [2.05, 4.69) is 10.1 Å². The Morgan fingerprint density at radius 2 is 2.47 bits per heavy atom. The van der Waals surface area contributed by atoms with Crippen molar-refractivity contribution in [3.05, 3.63) is 44.2 Å². The van der Waals surface area contributed by atoms with Crippen molar-refractivity contribution in [3.8, 4) is 5.88 Å². The number of aromatic hydroxyl groups is 1. The van der Waals surface area contributed by atoms with E-state index in [4.69, 9.17) is 4.94 Å². The van der Waals surface area contributed by atoms with Gasteiger partial charge in [0.15, 0.2) is 0 Å². The van der Waals surface area contributed by atoms with Crippen molar-refractivity contribution in [3.63, 3.8) is 0 Å². The smallest absolute Gasteiger partial charge is 0.307 e. The molecular weight excluding hydrogens is 242 g/mol. The largest absolute Gasteiger partial charge is 0.493 e. The summed E-state index contributed by atoms with van der Waals surface area (Å²) in [6, 6.07) is 0. The SMILES string of the molecule is O=c1[nH]c(O)c(C=C2C=CN3ON=CC3=C2)s1. The summed E-state index contributed by atoms with van der Waals surface area (Å²) in [5, 5.41) is 14.6. The lowest BCUT2D eigenvalue weighted by molar-refractivity contribution is -0.0702. The van der Waals surface area contributed by atoms with E-state index in [0.717, 1.165) is 22.6 Å². The fraction of sp³-hybridized carbons (Fsp3) is 0. The number of aromatic nitrogens is 1. The molecule has 0 amide bonds. The summed E-state index contributed by atoms with van der Waals surface area (Å²) in [4.78, 5) is 18.5. The quantitative estimate of drug-likeness (QED) is 0.783. The highest BCUT2D eigenvalue weighted by Crippen LogP contribution is 2.25. The van der Waals surface area contributed by atoms with Crippen molar-refractivity contribution in [1.29, 1.82) is 0 Å². The molecular formula is C10H7N3O3S. The summed E-state index contributed by atoms with van der Waals surface area (Å²) in [6.07, 6.45) is 8.63. The van der Waals surface area contributed by atoms with Gasteiger partial charge in [-0.05, 0) is 23.8 Å². The van der Waals surface area contributed by atoms with Gasteiger partial charge in [-0.2, -0.15) is 5.06 Å². The fourth-order valence-corrected chi connectivity index (χ4v) is 2.18. The second-order valence-corrected chi connectivity index (χ2v) is 4.41. The Kier molecular flexibility index (Phi) is 2.12. The van der Waals surface area contributed by atoms with Crippen LogP contribution in [0.4, 0.5) is 0 Å². The lowest BCUT2D eigenvalue weighted by Gasteiger charge is -2.14. The van der Waals surface area contributed by atoms with Gasteiger partial charge in [0.25, 0.3) is 0 Å². The molecule has 0 fully saturated rings. The number of nitrogens with zero attached hydrogens (tertiary/aromatic N) is 2. The minimum Gasteiger partial charge on any atom is -0.493 e. The summed E-state index contributed by atoms with van der Waals surface area (Å²) < 4.78 is 0. The Bertz CT molecular complexity index is 635. The molecule has 3 heterocycles. The highest BCUT2D eigenvalue weighted by Gasteiger charge is 2.16. The van der Waals surface area contributed by atoms with Gasteiger partial charge in [-0.3, -0.25) is 14.7 Å². The molecule has 2 aliphatic rings. The molecule has 86 valence electrons. The summed E-state index contributed by atoms with van der Waals surface area (Å²) >= 11 is 0.954. The number of nitrogens with one attached hydrogen (secondary N) is 1. The number of hydrogen-bond acceptors (Lipinski definition) is 6. The van der Waals surface area contributed by atoms with E-state index in [-0.39, 0.29) is 10.8 Å². The zero-order chi connectivity index (χ0) is 11.8. The molecule has 0 bridgehead atoms. The van der Waals surface area contributed by atoms with Gasteiger partial charge in [-0.25, -0.2) is 0 Å². The van der Waals surface area contributed by atoms with Gasteiger partial charge in [0.2, 0.25) is 5.88 Å². The fourth-order valence-electron chi connectivity index (χ4n) is 1.49. The maximum atomic E-state index is 11.0. The van der Waals surface area contributed by atoms with Crippen LogP contribution in [0, 0.1) is 0 Å². The molecule has 0 saturated carbocycles. The molecule has 7 heteroatoms. The second-order valence-electron chi connectivity index (χ2n) is 3.40. The lowest BCUT2D eigenvalue weighted by atomic mass is 10.1. The summed E-state index contributed by atoms with van der Waals surface area (Å²) in [7, 11) is 0. The first kappa shape index (κ1) is 9.91. The first-order chi connectivity index (χ1) is 8.22. The predicted octanol–water partition coefficient (Wildman–Crippen LogP) is 1.17. The third kappa shape index (κ3) is 1.76. The van der Waals surface area contributed by atoms with Crippen LogP contribution in [-0.2, 0) is 4.94 Å². The number of hydrogen-bond donors (Lipinski definition) is 2. The molecule has 2 aliphatic heterocycles. The molecule has 0 aromatic carbocycles. The zero-order valence-corrected chi connectivity index (χ0v) is 9.27. The molecule has 0 aliphatic carbocycles. The molecule has 6 nitrogen and oxygen atoms in total. The van der Waals surface area contributed by atoms with Gasteiger partial charge in [0.1, 0.15) is 5.70 Å². The standard InChI is InChI=1S/C10H7N3O3S/c14-9-8(17-10(15)12-9)4-6-1-2-13-7(3-6)5-11-16-13/h1-5,14H,(H,12,15). The average molecular weight is 249 g/mol. The third-order valence-corrected chi connectivity index (χ3v) is 3.06. The van der Waals surface area contributed by atoms with E-state index in [9.17, 15) is 9.90 Å². The van der Waals surface area contributed by atoms with E-state index >= 15 is 0 Å². The Balaban J connectivity index is 1.98. The highest BCUT2D eigenvalue weighted by atomic mass is 32.1. The van der Waals surface area contributed by atoms with Crippen LogP contribution in [0.5, 0.6) is 5.88 Å². The molecule has 1 aromatic rings. The van der Waals surface area contributed by atoms with Gasteiger partial charge in [0.05, 0.1) is 11.1 Å². The number of allylic oxidation sites excluding steroid dienone is 4. The molecule has 0 spiro atoms. The Morgan fingerprint density at radius 1 is 1.59 bits per heavy atom. The monoisotopic (exact) mass is 249 g/mol. The van der Waals surface area contributed by atoms with E-state index in [1.54, 1.807) is 24.6 Å². The first-order valence-electron chi connectivity index (χ1n) is 4.76. The Labute approximate surface area is 99.4 Å². The maximum absolute atomic E-state index is 11.0. The molecule has 1 aromatic heterocycles. The van der Waals surface area contributed by atoms with Gasteiger partial charge in [-0.15, -0.1) is 0 Å². The van der Waals surface area contributed by atoms with E-state index < -0.39 is 0 Å². The molecule has 2 N–H and O–H groups in total. The maximum Gasteiger partial charge on any atom is 0.307 e. The van der Waals surface area contributed by atoms with Crippen molar-refractivity contribution in [2.45, 2.75) is 0 Å². The summed E-state index contributed by atoms with van der Waals surface area (Å²) in [5.74, 6) is -0.113. The van der Waals surface area contributed by atoms with Crippen LogP contribution in [0.15, 0.2) is 39.6 Å². The van der Waals surface area contributed by atoms with Crippen molar-refractivity contribution in [2.75, 3.05) is 0 Å². The summed E-state index contributed by atoms with van der Waals surface area (Å²) in [6.45, 7) is 0. The number of fused-ring (bicyclic) bond motifs is 1. The van der Waals surface area contributed by atoms with E-state index in [1.807, 2.05) is 6.08 Å². The minimum absolute atomic E-state index is 0.113. The third-order valence-electron chi connectivity index (χ3n) is 2.25. The minimum atomic E-state index is -0.283. The van der Waals surface area contributed by atoms with Gasteiger partial charge >= 0.3 is 4.87 Å². The van der Waals surface area contributed by atoms with Crippen LogP contribution in [0.25, 0.3) is 6.08 Å². The molecule has 0 saturated heterocycles. The van der Waals surface area contributed by atoms with Crippen LogP contribution in [0.1, 0.15) is 4.88 Å². The highest BCUT2D eigenvalue weighted by molar-refractivity contribution is 7.10. The average Bonchev–Trinajstić information content (AvgIpc) is 2.85. The molecule has 0 unspecified atom stereocenters. The second kappa shape index (κ2) is 3.63. The molecule has 0 atom stereocenters.